The molecule has 1 unspecified atom stereocenters. The standard InChI is InChI=1S/C19H17Cl2N3O2/c20-13-6-5-11(15(21)9-13)8-17-18(25)24(19(26)23-17)10-14-7-12-3-1-2-4-16(12)22-14/h1-7,9,17-18,22,25H,8,10H2,(H,23,26)/t17-,18?/m0/s1. The normalized spacial score (nSPS) is 20.0. The Bertz CT molecular complexity index is 939. The summed E-state index contributed by atoms with van der Waals surface area (Å²) >= 11 is 12.1. The minimum absolute atomic E-state index is 0.298. The summed E-state index contributed by atoms with van der Waals surface area (Å²) < 4.78 is 0. The molecule has 2 aromatic carbocycles. The van der Waals surface area contributed by atoms with E-state index in [2.05, 4.69) is 10.3 Å². The summed E-state index contributed by atoms with van der Waals surface area (Å²) in [6, 6.07) is 14.3. The van der Waals surface area contributed by atoms with Gasteiger partial charge in [0.25, 0.3) is 0 Å². The minimum Gasteiger partial charge on any atom is -0.371 e. The number of nitrogens with zero attached hydrogens (tertiary/aromatic N) is 1. The number of aromatic nitrogens is 1. The van der Waals surface area contributed by atoms with E-state index in [9.17, 15) is 9.90 Å². The second-order valence-electron chi connectivity index (χ2n) is 6.42. The van der Waals surface area contributed by atoms with Crippen LogP contribution in [0, 0.1) is 0 Å². The van der Waals surface area contributed by atoms with Crippen molar-refractivity contribution in [1.82, 2.24) is 15.2 Å². The lowest BCUT2D eigenvalue weighted by molar-refractivity contribution is 0.0364. The summed E-state index contributed by atoms with van der Waals surface area (Å²) in [6.07, 6.45) is -0.521. The third-order valence-electron chi connectivity index (χ3n) is 4.63. The smallest absolute Gasteiger partial charge is 0.320 e. The lowest BCUT2D eigenvalue weighted by atomic mass is 10.1. The summed E-state index contributed by atoms with van der Waals surface area (Å²) in [5.74, 6) is 0. The van der Waals surface area contributed by atoms with Crippen molar-refractivity contribution in [2.24, 2.45) is 0 Å². The van der Waals surface area contributed by atoms with Crippen molar-refractivity contribution in [2.75, 3.05) is 0 Å². The Morgan fingerprint density at radius 1 is 1.12 bits per heavy atom. The highest BCUT2D eigenvalue weighted by Crippen LogP contribution is 2.25. The fourth-order valence-corrected chi connectivity index (χ4v) is 3.79. The topological polar surface area (TPSA) is 68.4 Å². The predicted molar refractivity (Wildman–Crippen MR) is 102 cm³/mol. The number of aromatic amines is 1. The first kappa shape index (κ1) is 17.2. The van der Waals surface area contributed by atoms with Crippen molar-refractivity contribution >= 4 is 40.1 Å². The highest BCUT2D eigenvalue weighted by atomic mass is 35.5. The maximum absolute atomic E-state index is 12.3. The summed E-state index contributed by atoms with van der Waals surface area (Å²) in [5, 5.41) is 15.6. The molecule has 3 aromatic rings. The van der Waals surface area contributed by atoms with Crippen molar-refractivity contribution in [2.45, 2.75) is 25.2 Å². The van der Waals surface area contributed by atoms with Crippen LogP contribution in [-0.4, -0.2) is 33.3 Å². The van der Waals surface area contributed by atoms with E-state index in [4.69, 9.17) is 23.2 Å². The average Bonchev–Trinajstić information content (AvgIpc) is 3.13. The van der Waals surface area contributed by atoms with Gasteiger partial charge < -0.3 is 15.4 Å². The third-order valence-corrected chi connectivity index (χ3v) is 5.22. The van der Waals surface area contributed by atoms with Crippen LogP contribution in [0.1, 0.15) is 11.3 Å². The third kappa shape index (κ3) is 3.26. The Hall–Kier alpha value is -2.21. The Labute approximate surface area is 160 Å². The molecule has 4 rings (SSSR count). The molecule has 0 bridgehead atoms. The first-order chi connectivity index (χ1) is 12.5. The molecule has 1 aliphatic rings. The summed E-state index contributed by atoms with van der Waals surface area (Å²) in [4.78, 5) is 17.0. The maximum atomic E-state index is 12.3. The van der Waals surface area contributed by atoms with Crippen LogP contribution in [0.15, 0.2) is 48.5 Å². The second-order valence-corrected chi connectivity index (χ2v) is 7.26. The maximum Gasteiger partial charge on any atom is 0.320 e. The first-order valence-corrected chi connectivity index (χ1v) is 9.02. The largest absolute Gasteiger partial charge is 0.371 e. The van der Waals surface area contributed by atoms with Crippen LogP contribution in [0.4, 0.5) is 4.79 Å². The van der Waals surface area contributed by atoms with Gasteiger partial charge in [-0.15, -0.1) is 0 Å². The monoisotopic (exact) mass is 389 g/mol. The van der Waals surface area contributed by atoms with Crippen molar-refractivity contribution in [1.29, 1.82) is 0 Å². The lowest BCUT2D eigenvalue weighted by Gasteiger charge is -2.21. The molecule has 7 heteroatoms. The summed E-state index contributed by atoms with van der Waals surface area (Å²) in [7, 11) is 0. The minimum atomic E-state index is -0.944. The number of fused-ring (bicyclic) bond motifs is 1. The van der Waals surface area contributed by atoms with Crippen LogP contribution in [0.25, 0.3) is 10.9 Å². The predicted octanol–water partition coefficient (Wildman–Crippen LogP) is 3.93. The summed E-state index contributed by atoms with van der Waals surface area (Å²) in [5.41, 5.74) is 2.69. The SMILES string of the molecule is O=C1N[C@@H](Cc2ccc(Cl)cc2Cl)C(O)N1Cc1cc2ccccc2[nH]1. The van der Waals surface area contributed by atoms with Crippen molar-refractivity contribution < 1.29 is 9.90 Å². The highest BCUT2D eigenvalue weighted by molar-refractivity contribution is 6.35. The zero-order chi connectivity index (χ0) is 18.3. The molecule has 134 valence electrons. The van der Waals surface area contributed by atoms with E-state index in [-0.39, 0.29) is 6.03 Å². The van der Waals surface area contributed by atoms with Crippen LogP contribution in [0.5, 0.6) is 0 Å². The molecule has 2 atom stereocenters. The van der Waals surface area contributed by atoms with Gasteiger partial charge >= 0.3 is 6.03 Å². The molecule has 1 saturated heterocycles. The average molecular weight is 390 g/mol. The number of hydrogen-bond donors (Lipinski definition) is 3. The number of carbonyl (C=O) groups excluding carboxylic acids is 1. The molecule has 1 fully saturated rings. The number of amides is 2. The van der Waals surface area contributed by atoms with Crippen LogP contribution >= 0.6 is 23.2 Å². The van der Waals surface area contributed by atoms with Crippen LogP contribution < -0.4 is 5.32 Å². The van der Waals surface area contributed by atoms with E-state index in [0.717, 1.165) is 22.2 Å². The molecule has 2 amide bonds. The van der Waals surface area contributed by atoms with Crippen LogP contribution in [-0.2, 0) is 13.0 Å². The molecular weight excluding hydrogens is 373 g/mol. The zero-order valence-electron chi connectivity index (χ0n) is 13.7. The number of halogens is 2. The Morgan fingerprint density at radius 3 is 2.69 bits per heavy atom. The number of H-pyrrole nitrogens is 1. The molecule has 1 aliphatic heterocycles. The lowest BCUT2D eigenvalue weighted by Crippen LogP contribution is -2.37. The van der Waals surface area contributed by atoms with E-state index in [1.807, 2.05) is 36.4 Å². The number of urea groups is 1. The number of aliphatic hydroxyl groups is 1. The van der Waals surface area contributed by atoms with Gasteiger partial charge in [0.2, 0.25) is 0 Å². The molecule has 0 spiro atoms. The van der Waals surface area contributed by atoms with Gasteiger partial charge in [-0.05, 0) is 41.6 Å². The molecule has 0 radical (unpaired) electrons. The Kier molecular flexibility index (Phi) is 4.53. The van der Waals surface area contributed by atoms with Crippen molar-refractivity contribution in [3.63, 3.8) is 0 Å². The van der Waals surface area contributed by atoms with Gasteiger partial charge in [0.15, 0.2) is 6.23 Å². The molecule has 26 heavy (non-hydrogen) atoms. The van der Waals surface area contributed by atoms with Gasteiger partial charge in [0.1, 0.15) is 0 Å². The van der Waals surface area contributed by atoms with Crippen molar-refractivity contribution in [3.8, 4) is 0 Å². The van der Waals surface area contributed by atoms with Gasteiger partial charge in [0, 0.05) is 21.3 Å². The number of carbonyl (C=O) groups is 1. The van der Waals surface area contributed by atoms with E-state index < -0.39 is 12.3 Å². The van der Waals surface area contributed by atoms with Gasteiger partial charge in [-0.25, -0.2) is 4.79 Å². The number of para-hydroxylation sites is 1. The molecule has 5 nitrogen and oxygen atoms in total. The van der Waals surface area contributed by atoms with Crippen LogP contribution in [0.2, 0.25) is 10.0 Å². The molecule has 2 heterocycles. The van der Waals surface area contributed by atoms with Gasteiger partial charge in [0.05, 0.1) is 12.6 Å². The highest BCUT2D eigenvalue weighted by Gasteiger charge is 2.38. The fraction of sp³-hybridized carbons (Fsp3) is 0.211. The van der Waals surface area contributed by atoms with E-state index in [0.29, 0.717) is 23.0 Å². The quantitative estimate of drug-likeness (QED) is 0.632. The number of nitrogens with one attached hydrogen (secondary N) is 2. The van der Waals surface area contributed by atoms with Gasteiger partial charge in [-0.3, -0.25) is 4.90 Å². The molecule has 1 aromatic heterocycles. The number of benzene rings is 2. The molecule has 3 N–H and O–H groups in total. The van der Waals surface area contributed by atoms with Crippen molar-refractivity contribution in [3.05, 3.63) is 69.8 Å². The number of rotatable bonds is 4. The fourth-order valence-electron chi connectivity index (χ4n) is 3.30. The van der Waals surface area contributed by atoms with Gasteiger partial charge in [-0.1, -0.05) is 47.5 Å². The Morgan fingerprint density at radius 2 is 1.92 bits per heavy atom. The molecule has 0 aliphatic carbocycles. The van der Waals surface area contributed by atoms with E-state index in [1.165, 1.54) is 4.90 Å². The summed E-state index contributed by atoms with van der Waals surface area (Å²) in [6.45, 7) is 0.298. The second kappa shape index (κ2) is 6.83. The van der Waals surface area contributed by atoms with Gasteiger partial charge in [-0.2, -0.15) is 0 Å². The first-order valence-electron chi connectivity index (χ1n) is 8.27. The molecular formula is C19H17Cl2N3O2. The van der Waals surface area contributed by atoms with E-state index >= 15 is 0 Å². The Balaban J connectivity index is 1.50. The zero-order valence-corrected chi connectivity index (χ0v) is 15.3. The van der Waals surface area contributed by atoms with Crippen LogP contribution in [0.3, 0.4) is 0 Å². The van der Waals surface area contributed by atoms with E-state index in [1.54, 1.807) is 12.1 Å². The molecule has 0 saturated carbocycles. The number of hydrogen-bond acceptors (Lipinski definition) is 2. The number of aliphatic hydroxyl groups excluding tert-OH is 1.